The molecule has 108 valence electrons. The zero-order valence-electron chi connectivity index (χ0n) is 11.1. The molecule has 0 atom stereocenters. The molecule has 1 heterocycles. The van der Waals surface area contributed by atoms with Gasteiger partial charge in [-0.2, -0.15) is 0 Å². The van der Waals surface area contributed by atoms with Crippen LogP contribution in [0.5, 0.6) is 0 Å². The van der Waals surface area contributed by atoms with Gasteiger partial charge in [0.05, 0.1) is 3.79 Å². The lowest BCUT2D eigenvalue weighted by Crippen LogP contribution is -2.25. The van der Waals surface area contributed by atoms with Gasteiger partial charge in [0.1, 0.15) is 4.90 Å². The molecule has 0 aromatic carbocycles. The molecular formula is C12H19BrN2O2S2. The molecule has 0 amide bonds. The SMILES string of the molecule is CC(C)NCc1cc(S(=O)(=O)NCC2CC2)c(Br)s1. The molecule has 1 aromatic heterocycles. The number of rotatable bonds is 7. The maximum absolute atomic E-state index is 12.2. The Balaban J connectivity index is 2.05. The van der Waals surface area contributed by atoms with Gasteiger partial charge in [-0.05, 0) is 40.8 Å². The van der Waals surface area contributed by atoms with E-state index in [-0.39, 0.29) is 0 Å². The van der Waals surface area contributed by atoms with Crippen molar-refractivity contribution in [2.45, 2.75) is 44.2 Å². The van der Waals surface area contributed by atoms with Gasteiger partial charge < -0.3 is 5.32 Å². The van der Waals surface area contributed by atoms with Crippen LogP contribution in [-0.4, -0.2) is 21.0 Å². The molecule has 0 unspecified atom stereocenters. The third-order valence-corrected chi connectivity index (χ3v) is 6.62. The fourth-order valence-corrected chi connectivity index (χ4v) is 5.35. The maximum atomic E-state index is 12.2. The first-order valence-corrected chi connectivity index (χ1v) is 9.49. The lowest BCUT2D eigenvalue weighted by Gasteiger charge is -2.05. The molecule has 0 spiro atoms. The second kappa shape index (κ2) is 6.22. The Morgan fingerprint density at radius 2 is 2.16 bits per heavy atom. The zero-order chi connectivity index (χ0) is 14.0. The minimum absolute atomic E-state index is 0.360. The van der Waals surface area contributed by atoms with Crippen LogP contribution in [0, 0.1) is 5.92 Å². The molecule has 0 aliphatic heterocycles. The standard InChI is InChI=1S/C12H19BrN2O2S2/c1-8(2)14-7-10-5-11(12(13)18-10)19(16,17)15-6-9-3-4-9/h5,8-9,14-15H,3-4,6-7H2,1-2H3. The van der Waals surface area contributed by atoms with Gasteiger partial charge in [-0.3, -0.25) is 0 Å². The van der Waals surface area contributed by atoms with E-state index >= 15 is 0 Å². The molecular weight excluding hydrogens is 348 g/mol. The van der Waals surface area contributed by atoms with Crippen LogP contribution >= 0.6 is 27.3 Å². The molecule has 1 aliphatic carbocycles. The molecule has 1 fully saturated rings. The van der Waals surface area contributed by atoms with Crippen molar-refractivity contribution in [3.05, 3.63) is 14.7 Å². The fourth-order valence-electron chi connectivity index (χ4n) is 1.60. The third-order valence-electron chi connectivity index (χ3n) is 2.94. The van der Waals surface area contributed by atoms with Crippen LogP contribution in [-0.2, 0) is 16.6 Å². The van der Waals surface area contributed by atoms with Gasteiger partial charge in [0.2, 0.25) is 10.0 Å². The van der Waals surface area contributed by atoms with Gasteiger partial charge in [0.15, 0.2) is 0 Å². The number of thiophene rings is 1. The Bertz CT molecular complexity index is 536. The quantitative estimate of drug-likeness (QED) is 0.779. The van der Waals surface area contributed by atoms with E-state index in [0.29, 0.717) is 33.7 Å². The summed E-state index contributed by atoms with van der Waals surface area (Å²) in [7, 11) is -3.38. The highest BCUT2D eigenvalue weighted by molar-refractivity contribution is 9.11. The summed E-state index contributed by atoms with van der Waals surface area (Å²) >= 11 is 4.82. The van der Waals surface area contributed by atoms with E-state index in [9.17, 15) is 8.42 Å². The molecule has 1 aromatic rings. The first-order valence-electron chi connectivity index (χ1n) is 6.39. The van der Waals surface area contributed by atoms with Crippen LogP contribution < -0.4 is 10.0 Å². The number of hydrogen-bond acceptors (Lipinski definition) is 4. The van der Waals surface area contributed by atoms with E-state index in [2.05, 4.69) is 39.8 Å². The van der Waals surface area contributed by atoms with Gasteiger partial charge in [0.25, 0.3) is 0 Å². The number of hydrogen-bond donors (Lipinski definition) is 2. The summed E-state index contributed by atoms with van der Waals surface area (Å²) in [4.78, 5) is 1.38. The topological polar surface area (TPSA) is 58.2 Å². The molecule has 0 bridgehead atoms. The molecule has 2 N–H and O–H groups in total. The molecule has 4 nitrogen and oxygen atoms in total. The Labute approximate surface area is 127 Å². The van der Waals surface area contributed by atoms with Gasteiger partial charge in [-0.1, -0.05) is 13.8 Å². The first-order chi connectivity index (χ1) is 8.88. The highest BCUT2D eigenvalue weighted by Crippen LogP contribution is 2.33. The van der Waals surface area contributed by atoms with E-state index < -0.39 is 10.0 Å². The molecule has 2 rings (SSSR count). The van der Waals surface area contributed by atoms with Crippen LogP contribution in [0.4, 0.5) is 0 Å². The second-order valence-electron chi connectivity index (χ2n) is 5.18. The third kappa shape index (κ3) is 4.53. The van der Waals surface area contributed by atoms with E-state index in [1.54, 1.807) is 6.07 Å². The zero-order valence-corrected chi connectivity index (χ0v) is 14.3. The molecule has 1 saturated carbocycles. The number of sulfonamides is 1. The van der Waals surface area contributed by atoms with Crippen molar-refractivity contribution in [2.75, 3.05) is 6.54 Å². The van der Waals surface area contributed by atoms with Gasteiger partial charge in [-0.25, -0.2) is 13.1 Å². The normalized spacial score (nSPS) is 16.2. The average molecular weight is 367 g/mol. The maximum Gasteiger partial charge on any atom is 0.242 e. The van der Waals surface area contributed by atoms with E-state index in [1.165, 1.54) is 11.3 Å². The predicted molar refractivity (Wildman–Crippen MR) is 81.9 cm³/mol. The Morgan fingerprint density at radius 1 is 1.47 bits per heavy atom. The van der Waals surface area contributed by atoms with Crippen LogP contribution in [0.25, 0.3) is 0 Å². The van der Waals surface area contributed by atoms with Crippen molar-refractivity contribution < 1.29 is 8.42 Å². The van der Waals surface area contributed by atoms with Crippen LogP contribution in [0.15, 0.2) is 14.7 Å². The monoisotopic (exact) mass is 366 g/mol. The van der Waals surface area contributed by atoms with E-state index in [0.717, 1.165) is 17.7 Å². The lowest BCUT2D eigenvalue weighted by molar-refractivity contribution is 0.577. The molecule has 1 aliphatic rings. The van der Waals surface area contributed by atoms with Crippen molar-refractivity contribution in [3.63, 3.8) is 0 Å². The largest absolute Gasteiger partial charge is 0.310 e. The minimum atomic E-state index is -3.38. The Morgan fingerprint density at radius 3 is 2.74 bits per heavy atom. The predicted octanol–water partition coefficient (Wildman–Crippen LogP) is 2.70. The van der Waals surface area contributed by atoms with Crippen LogP contribution in [0.3, 0.4) is 0 Å². The smallest absolute Gasteiger partial charge is 0.242 e. The van der Waals surface area contributed by atoms with Crippen molar-refractivity contribution in [3.8, 4) is 0 Å². The molecule has 19 heavy (non-hydrogen) atoms. The first kappa shape index (κ1) is 15.4. The van der Waals surface area contributed by atoms with Crippen molar-refractivity contribution >= 4 is 37.3 Å². The highest BCUT2D eigenvalue weighted by atomic mass is 79.9. The van der Waals surface area contributed by atoms with E-state index in [4.69, 9.17) is 0 Å². The Kier molecular flexibility index (Phi) is 5.05. The summed E-state index contributed by atoms with van der Waals surface area (Å²) in [6.07, 6.45) is 2.27. The summed E-state index contributed by atoms with van der Waals surface area (Å²) in [6, 6.07) is 2.13. The fraction of sp³-hybridized carbons (Fsp3) is 0.667. The van der Waals surface area contributed by atoms with Crippen molar-refractivity contribution in [2.24, 2.45) is 5.92 Å². The summed E-state index contributed by atoms with van der Waals surface area (Å²) < 4.78 is 27.7. The number of nitrogens with one attached hydrogen (secondary N) is 2. The summed E-state index contributed by atoms with van der Waals surface area (Å²) in [5, 5.41) is 3.29. The molecule has 0 saturated heterocycles. The van der Waals surface area contributed by atoms with Gasteiger partial charge >= 0.3 is 0 Å². The molecule has 0 radical (unpaired) electrons. The van der Waals surface area contributed by atoms with Crippen molar-refractivity contribution in [1.29, 1.82) is 0 Å². The summed E-state index contributed by atoms with van der Waals surface area (Å²) in [5.74, 6) is 0.536. The van der Waals surface area contributed by atoms with Crippen LogP contribution in [0.2, 0.25) is 0 Å². The average Bonchev–Trinajstić information content (AvgIpc) is 3.07. The second-order valence-corrected chi connectivity index (χ2v) is 9.37. The summed E-state index contributed by atoms with van der Waals surface area (Å²) in [5.41, 5.74) is 0. The van der Waals surface area contributed by atoms with Crippen molar-refractivity contribution in [1.82, 2.24) is 10.0 Å². The van der Waals surface area contributed by atoms with Gasteiger partial charge in [-0.15, -0.1) is 11.3 Å². The number of halogens is 1. The Hall–Kier alpha value is 0.0500. The van der Waals surface area contributed by atoms with E-state index in [1.807, 2.05) is 0 Å². The minimum Gasteiger partial charge on any atom is -0.310 e. The van der Waals surface area contributed by atoms with Gasteiger partial charge in [0, 0.05) is 24.0 Å². The van der Waals surface area contributed by atoms with Crippen LogP contribution in [0.1, 0.15) is 31.6 Å². The lowest BCUT2D eigenvalue weighted by atomic mass is 10.4. The summed E-state index contributed by atoms with van der Waals surface area (Å²) in [6.45, 7) is 5.39. The highest BCUT2D eigenvalue weighted by Gasteiger charge is 2.26. The molecule has 7 heteroatoms.